The Bertz CT molecular complexity index is 406. The summed E-state index contributed by atoms with van der Waals surface area (Å²) in [7, 11) is 0. The van der Waals surface area contributed by atoms with Crippen molar-refractivity contribution in [1.82, 2.24) is 0 Å². The van der Waals surface area contributed by atoms with E-state index in [1.165, 1.54) is 6.07 Å². The van der Waals surface area contributed by atoms with Crippen LogP contribution in [0.1, 0.15) is 5.56 Å². The number of thioether (sulfide) groups is 1. The third-order valence-electron chi connectivity index (χ3n) is 1.61. The summed E-state index contributed by atoms with van der Waals surface area (Å²) < 4.78 is 37.1. The first-order valence-corrected chi connectivity index (χ1v) is 5.80. The Balaban J connectivity index is 2.88. The van der Waals surface area contributed by atoms with Gasteiger partial charge in [0, 0.05) is 9.37 Å². The van der Waals surface area contributed by atoms with Crippen molar-refractivity contribution in [3.63, 3.8) is 0 Å². The molecule has 0 saturated heterocycles. The van der Waals surface area contributed by atoms with E-state index >= 15 is 0 Å². The van der Waals surface area contributed by atoms with Crippen LogP contribution in [0.15, 0.2) is 27.6 Å². The molecule has 1 rings (SSSR count). The van der Waals surface area contributed by atoms with Gasteiger partial charge in [0.2, 0.25) is 0 Å². The zero-order valence-corrected chi connectivity index (χ0v) is 10.1. The Morgan fingerprint density at radius 2 is 2.06 bits per heavy atom. The zero-order chi connectivity index (χ0) is 12.3. The average Bonchev–Trinajstić information content (AvgIpc) is 2.14. The molecule has 0 atom stereocenters. The molecule has 1 aromatic rings. The lowest BCUT2D eigenvalue weighted by Gasteiger charge is -2.09. The summed E-state index contributed by atoms with van der Waals surface area (Å²) in [4.78, 5) is 10.8. The van der Waals surface area contributed by atoms with Gasteiger partial charge in [-0.1, -0.05) is 0 Å². The predicted octanol–water partition coefficient (Wildman–Crippen LogP) is 3.64. The van der Waals surface area contributed by atoms with Crippen molar-refractivity contribution in [1.29, 1.82) is 0 Å². The summed E-state index contributed by atoms with van der Waals surface area (Å²) in [6.07, 6.45) is -4.39. The van der Waals surface area contributed by atoms with Crippen LogP contribution >= 0.6 is 27.7 Å². The molecule has 1 aromatic carbocycles. The minimum Gasteiger partial charge on any atom is -0.481 e. The first kappa shape index (κ1) is 13.4. The molecule has 0 bridgehead atoms. The van der Waals surface area contributed by atoms with Gasteiger partial charge in [0.05, 0.1) is 11.3 Å². The summed E-state index contributed by atoms with van der Waals surface area (Å²) in [5.74, 6) is -1.21. The van der Waals surface area contributed by atoms with Gasteiger partial charge in [-0.25, -0.2) is 0 Å². The Kier molecular flexibility index (Phi) is 4.26. The van der Waals surface area contributed by atoms with Gasteiger partial charge in [0.15, 0.2) is 0 Å². The van der Waals surface area contributed by atoms with Crippen LogP contribution in [0.3, 0.4) is 0 Å². The van der Waals surface area contributed by atoms with Crippen LogP contribution in [0.25, 0.3) is 0 Å². The van der Waals surface area contributed by atoms with E-state index in [2.05, 4.69) is 15.9 Å². The van der Waals surface area contributed by atoms with Crippen LogP contribution in [-0.2, 0) is 11.0 Å². The highest BCUT2D eigenvalue weighted by Gasteiger charge is 2.30. The molecule has 16 heavy (non-hydrogen) atoms. The van der Waals surface area contributed by atoms with E-state index in [0.29, 0.717) is 4.90 Å². The van der Waals surface area contributed by atoms with Gasteiger partial charge >= 0.3 is 12.1 Å². The second kappa shape index (κ2) is 5.09. The van der Waals surface area contributed by atoms with E-state index in [9.17, 15) is 18.0 Å². The first-order chi connectivity index (χ1) is 7.30. The number of carboxylic acids is 1. The number of carbonyl (C=O) groups is 1. The van der Waals surface area contributed by atoms with Crippen LogP contribution in [-0.4, -0.2) is 16.8 Å². The lowest BCUT2D eigenvalue weighted by atomic mass is 10.2. The van der Waals surface area contributed by atoms with Crippen LogP contribution in [0.4, 0.5) is 13.2 Å². The average molecular weight is 315 g/mol. The minimum atomic E-state index is -4.39. The maximum absolute atomic E-state index is 12.3. The van der Waals surface area contributed by atoms with E-state index in [1.54, 1.807) is 0 Å². The van der Waals surface area contributed by atoms with E-state index < -0.39 is 17.7 Å². The summed E-state index contributed by atoms with van der Waals surface area (Å²) in [6.45, 7) is 0. The minimum absolute atomic E-state index is 0.191. The molecule has 0 unspecified atom stereocenters. The van der Waals surface area contributed by atoms with E-state index in [1.807, 2.05) is 0 Å². The second-order valence-electron chi connectivity index (χ2n) is 2.83. The van der Waals surface area contributed by atoms with Crippen molar-refractivity contribution in [3.8, 4) is 0 Å². The third kappa shape index (κ3) is 3.71. The zero-order valence-electron chi connectivity index (χ0n) is 7.71. The largest absolute Gasteiger partial charge is 0.481 e. The van der Waals surface area contributed by atoms with E-state index in [4.69, 9.17) is 5.11 Å². The van der Waals surface area contributed by atoms with Gasteiger partial charge in [-0.3, -0.25) is 4.79 Å². The lowest BCUT2D eigenvalue weighted by molar-refractivity contribution is -0.137. The first-order valence-electron chi connectivity index (χ1n) is 4.02. The Morgan fingerprint density at radius 1 is 1.44 bits per heavy atom. The molecule has 1 N–H and O–H groups in total. The monoisotopic (exact) mass is 314 g/mol. The molecular weight excluding hydrogens is 309 g/mol. The molecule has 88 valence electrons. The highest BCUT2D eigenvalue weighted by atomic mass is 79.9. The Labute approximate surface area is 102 Å². The lowest BCUT2D eigenvalue weighted by Crippen LogP contribution is -2.04. The number of halogens is 4. The Hall–Kier alpha value is -0.690. The molecule has 0 spiro atoms. The van der Waals surface area contributed by atoms with Gasteiger partial charge in [0.1, 0.15) is 0 Å². The molecule has 0 heterocycles. The van der Waals surface area contributed by atoms with E-state index in [0.717, 1.165) is 23.9 Å². The molecule has 0 fully saturated rings. The van der Waals surface area contributed by atoms with Gasteiger partial charge in [-0.2, -0.15) is 13.2 Å². The topological polar surface area (TPSA) is 37.3 Å². The molecule has 0 aliphatic rings. The smallest absolute Gasteiger partial charge is 0.416 e. The quantitative estimate of drug-likeness (QED) is 0.865. The fraction of sp³-hybridized carbons (Fsp3) is 0.222. The van der Waals surface area contributed by atoms with Crippen molar-refractivity contribution in [2.75, 3.05) is 5.75 Å². The van der Waals surface area contributed by atoms with E-state index in [-0.39, 0.29) is 10.2 Å². The van der Waals surface area contributed by atoms with Crippen LogP contribution in [0, 0.1) is 0 Å². The fourth-order valence-corrected chi connectivity index (χ4v) is 2.30. The second-order valence-corrected chi connectivity index (χ2v) is 4.70. The molecule has 0 saturated carbocycles. The molecule has 2 nitrogen and oxygen atoms in total. The SMILES string of the molecule is O=C(O)CSc1ccc(C(F)(F)F)cc1Br. The van der Waals surface area contributed by atoms with Crippen molar-refractivity contribution >= 4 is 33.7 Å². The van der Waals surface area contributed by atoms with Gasteiger partial charge in [-0.05, 0) is 34.1 Å². The van der Waals surface area contributed by atoms with Gasteiger partial charge in [-0.15, -0.1) is 11.8 Å². The number of carboxylic acid groups (broad SMARTS) is 1. The number of aliphatic carboxylic acids is 1. The predicted molar refractivity (Wildman–Crippen MR) is 57.5 cm³/mol. The molecule has 0 aliphatic heterocycles. The Morgan fingerprint density at radius 3 is 2.50 bits per heavy atom. The van der Waals surface area contributed by atoms with Crippen molar-refractivity contribution in [2.45, 2.75) is 11.1 Å². The number of alkyl halides is 3. The molecular formula is C9H6BrF3O2S. The molecule has 7 heteroatoms. The normalized spacial score (nSPS) is 11.5. The molecule has 0 aliphatic carbocycles. The van der Waals surface area contributed by atoms with Crippen molar-refractivity contribution in [3.05, 3.63) is 28.2 Å². The van der Waals surface area contributed by atoms with Gasteiger partial charge in [0.25, 0.3) is 0 Å². The maximum Gasteiger partial charge on any atom is 0.416 e. The number of hydrogen-bond donors (Lipinski definition) is 1. The summed E-state index contributed by atoms with van der Waals surface area (Å²) in [6, 6.07) is 3.11. The number of rotatable bonds is 3. The summed E-state index contributed by atoms with van der Waals surface area (Å²) >= 11 is 3.94. The number of benzene rings is 1. The molecule has 0 amide bonds. The highest BCUT2D eigenvalue weighted by molar-refractivity contribution is 9.10. The van der Waals surface area contributed by atoms with Crippen molar-refractivity contribution < 1.29 is 23.1 Å². The van der Waals surface area contributed by atoms with Crippen LogP contribution in [0.2, 0.25) is 0 Å². The summed E-state index contributed by atoms with van der Waals surface area (Å²) in [5, 5.41) is 8.43. The molecule has 0 aromatic heterocycles. The fourth-order valence-electron chi connectivity index (χ4n) is 0.934. The van der Waals surface area contributed by atoms with Crippen molar-refractivity contribution in [2.24, 2.45) is 0 Å². The molecule has 0 radical (unpaired) electrons. The standard InChI is InChI=1S/C9H6BrF3O2S/c10-6-3-5(9(11,12)13)1-2-7(6)16-4-8(14)15/h1-3H,4H2,(H,14,15). The van der Waals surface area contributed by atoms with Crippen LogP contribution in [0.5, 0.6) is 0 Å². The highest BCUT2D eigenvalue weighted by Crippen LogP contribution is 2.35. The van der Waals surface area contributed by atoms with Crippen LogP contribution < -0.4 is 0 Å². The maximum atomic E-state index is 12.3. The number of hydrogen-bond acceptors (Lipinski definition) is 2. The summed E-state index contributed by atoms with van der Waals surface area (Å²) in [5.41, 5.74) is -0.765. The third-order valence-corrected chi connectivity index (χ3v) is 3.59. The van der Waals surface area contributed by atoms with Gasteiger partial charge < -0.3 is 5.11 Å².